The highest BCUT2D eigenvalue weighted by atomic mass is 16.4. The highest BCUT2D eigenvalue weighted by Gasteiger charge is 1.99. The summed E-state index contributed by atoms with van der Waals surface area (Å²) in [6.07, 6.45) is 2.99. The van der Waals surface area contributed by atoms with E-state index in [-0.39, 0.29) is 6.42 Å². The Bertz CT molecular complexity index is 305. The van der Waals surface area contributed by atoms with E-state index in [9.17, 15) is 4.79 Å². The summed E-state index contributed by atoms with van der Waals surface area (Å²) in [5.41, 5.74) is 2.63. The van der Waals surface area contributed by atoms with Crippen LogP contribution in [0.3, 0.4) is 0 Å². The first kappa shape index (κ1) is 10.8. The minimum absolute atomic E-state index is 0.284. The van der Waals surface area contributed by atoms with E-state index in [1.807, 2.05) is 12.1 Å². The number of unbranched alkanes of at least 4 members (excludes halogenated alkanes) is 1. The maximum absolute atomic E-state index is 10.3. The molecule has 0 heterocycles. The molecular formula is C12H16O2. The SMILES string of the molecule is Cc1ccccc1CCCCC(=O)O. The molecule has 0 aliphatic carbocycles. The lowest BCUT2D eigenvalue weighted by Gasteiger charge is -2.03. The Morgan fingerprint density at radius 1 is 1.29 bits per heavy atom. The van der Waals surface area contributed by atoms with Crippen LogP contribution in [0.4, 0.5) is 0 Å². The average molecular weight is 192 g/mol. The van der Waals surface area contributed by atoms with Gasteiger partial charge >= 0.3 is 5.97 Å². The summed E-state index contributed by atoms with van der Waals surface area (Å²) >= 11 is 0. The molecule has 76 valence electrons. The fourth-order valence-corrected chi connectivity index (χ4v) is 1.48. The molecule has 0 aliphatic rings. The zero-order valence-electron chi connectivity index (χ0n) is 8.49. The molecule has 0 aromatic heterocycles. The van der Waals surface area contributed by atoms with E-state index in [1.54, 1.807) is 0 Å². The molecule has 0 saturated heterocycles. The molecule has 0 amide bonds. The molecule has 1 N–H and O–H groups in total. The molecule has 1 aromatic rings. The van der Waals surface area contributed by atoms with Crippen molar-refractivity contribution in [2.45, 2.75) is 32.6 Å². The van der Waals surface area contributed by atoms with E-state index < -0.39 is 5.97 Å². The minimum atomic E-state index is -0.699. The summed E-state index contributed by atoms with van der Waals surface area (Å²) in [7, 11) is 0. The normalized spacial score (nSPS) is 10.1. The minimum Gasteiger partial charge on any atom is -0.481 e. The van der Waals surface area contributed by atoms with Crippen LogP contribution in [0.1, 0.15) is 30.4 Å². The lowest BCUT2D eigenvalue weighted by molar-refractivity contribution is -0.137. The van der Waals surface area contributed by atoms with Gasteiger partial charge in [0.05, 0.1) is 0 Å². The van der Waals surface area contributed by atoms with Crippen molar-refractivity contribution in [3.8, 4) is 0 Å². The zero-order valence-corrected chi connectivity index (χ0v) is 8.49. The van der Waals surface area contributed by atoms with Crippen LogP contribution in [-0.4, -0.2) is 11.1 Å². The Balaban J connectivity index is 2.31. The second-order valence-corrected chi connectivity index (χ2v) is 3.53. The van der Waals surface area contributed by atoms with Gasteiger partial charge in [0.1, 0.15) is 0 Å². The highest BCUT2D eigenvalue weighted by molar-refractivity contribution is 5.66. The number of carbonyl (C=O) groups is 1. The molecule has 0 atom stereocenters. The van der Waals surface area contributed by atoms with E-state index in [0.29, 0.717) is 0 Å². The van der Waals surface area contributed by atoms with Crippen molar-refractivity contribution in [2.24, 2.45) is 0 Å². The molecule has 0 saturated carbocycles. The van der Waals surface area contributed by atoms with Crippen LogP contribution in [-0.2, 0) is 11.2 Å². The van der Waals surface area contributed by atoms with Crippen LogP contribution < -0.4 is 0 Å². The Labute approximate surface area is 84.6 Å². The van der Waals surface area contributed by atoms with Gasteiger partial charge in [-0.3, -0.25) is 4.79 Å². The molecule has 0 unspecified atom stereocenters. The van der Waals surface area contributed by atoms with Gasteiger partial charge in [-0.05, 0) is 37.3 Å². The third-order valence-corrected chi connectivity index (χ3v) is 2.35. The number of hydrogen-bond donors (Lipinski definition) is 1. The predicted molar refractivity (Wildman–Crippen MR) is 56.4 cm³/mol. The van der Waals surface area contributed by atoms with Gasteiger partial charge in [0.15, 0.2) is 0 Å². The maximum atomic E-state index is 10.3. The van der Waals surface area contributed by atoms with Gasteiger partial charge in [-0.25, -0.2) is 0 Å². The largest absolute Gasteiger partial charge is 0.481 e. The molecule has 0 bridgehead atoms. The first-order valence-electron chi connectivity index (χ1n) is 4.96. The van der Waals surface area contributed by atoms with E-state index in [2.05, 4.69) is 19.1 Å². The van der Waals surface area contributed by atoms with Gasteiger partial charge in [0.25, 0.3) is 0 Å². The Morgan fingerprint density at radius 3 is 2.64 bits per heavy atom. The van der Waals surface area contributed by atoms with Crippen LogP contribution in [0.5, 0.6) is 0 Å². The van der Waals surface area contributed by atoms with Gasteiger partial charge < -0.3 is 5.11 Å². The molecule has 1 rings (SSSR count). The number of benzene rings is 1. The van der Waals surface area contributed by atoms with Crippen LogP contribution in [0.2, 0.25) is 0 Å². The standard InChI is InChI=1S/C12H16O2/c1-10-6-2-3-7-11(10)8-4-5-9-12(13)14/h2-3,6-7H,4-5,8-9H2,1H3,(H,13,14). The Morgan fingerprint density at radius 2 is 2.00 bits per heavy atom. The Hall–Kier alpha value is -1.31. The predicted octanol–water partition coefficient (Wildman–Crippen LogP) is 2.79. The quantitative estimate of drug-likeness (QED) is 0.728. The molecule has 0 spiro atoms. The van der Waals surface area contributed by atoms with Crippen molar-refractivity contribution in [1.29, 1.82) is 0 Å². The van der Waals surface area contributed by atoms with Crippen molar-refractivity contribution < 1.29 is 9.90 Å². The van der Waals surface area contributed by atoms with Crippen LogP contribution >= 0.6 is 0 Å². The van der Waals surface area contributed by atoms with Crippen LogP contribution in [0, 0.1) is 6.92 Å². The molecule has 0 aliphatic heterocycles. The van der Waals surface area contributed by atoms with Crippen LogP contribution in [0.25, 0.3) is 0 Å². The summed E-state index contributed by atoms with van der Waals surface area (Å²) < 4.78 is 0. The second-order valence-electron chi connectivity index (χ2n) is 3.53. The van der Waals surface area contributed by atoms with Crippen molar-refractivity contribution in [3.05, 3.63) is 35.4 Å². The van der Waals surface area contributed by atoms with E-state index in [4.69, 9.17) is 5.11 Å². The van der Waals surface area contributed by atoms with Gasteiger partial charge in [0.2, 0.25) is 0 Å². The summed E-state index contributed by atoms with van der Waals surface area (Å²) in [6, 6.07) is 8.25. The lowest BCUT2D eigenvalue weighted by atomic mass is 10.0. The molecule has 1 aromatic carbocycles. The lowest BCUT2D eigenvalue weighted by Crippen LogP contribution is -1.95. The highest BCUT2D eigenvalue weighted by Crippen LogP contribution is 2.11. The topological polar surface area (TPSA) is 37.3 Å². The summed E-state index contributed by atoms with van der Waals surface area (Å²) in [4.78, 5) is 10.3. The summed E-state index contributed by atoms with van der Waals surface area (Å²) in [6.45, 7) is 2.09. The molecular weight excluding hydrogens is 176 g/mol. The van der Waals surface area contributed by atoms with E-state index in [0.717, 1.165) is 19.3 Å². The number of aryl methyl sites for hydroxylation is 2. The number of carboxylic acids is 1. The number of aliphatic carboxylic acids is 1. The van der Waals surface area contributed by atoms with Gasteiger partial charge in [0, 0.05) is 6.42 Å². The van der Waals surface area contributed by atoms with Crippen molar-refractivity contribution in [3.63, 3.8) is 0 Å². The Kier molecular flexibility index (Phi) is 4.17. The molecule has 0 fully saturated rings. The fraction of sp³-hybridized carbons (Fsp3) is 0.417. The second kappa shape index (κ2) is 5.43. The molecule has 14 heavy (non-hydrogen) atoms. The van der Waals surface area contributed by atoms with Crippen molar-refractivity contribution in [2.75, 3.05) is 0 Å². The van der Waals surface area contributed by atoms with Crippen molar-refractivity contribution >= 4 is 5.97 Å². The first-order valence-corrected chi connectivity index (χ1v) is 4.96. The number of hydrogen-bond acceptors (Lipinski definition) is 1. The fourth-order valence-electron chi connectivity index (χ4n) is 1.48. The number of rotatable bonds is 5. The third-order valence-electron chi connectivity index (χ3n) is 2.35. The zero-order chi connectivity index (χ0) is 10.4. The molecule has 2 nitrogen and oxygen atoms in total. The first-order chi connectivity index (χ1) is 6.70. The average Bonchev–Trinajstić information content (AvgIpc) is 2.15. The summed E-state index contributed by atoms with van der Waals surface area (Å²) in [5.74, 6) is -0.699. The maximum Gasteiger partial charge on any atom is 0.303 e. The van der Waals surface area contributed by atoms with Gasteiger partial charge in [-0.15, -0.1) is 0 Å². The molecule has 0 radical (unpaired) electrons. The van der Waals surface area contributed by atoms with Crippen molar-refractivity contribution in [1.82, 2.24) is 0 Å². The van der Waals surface area contributed by atoms with E-state index in [1.165, 1.54) is 11.1 Å². The van der Waals surface area contributed by atoms with Gasteiger partial charge in [-0.1, -0.05) is 24.3 Å². The monoisotopic (exact) mass is 192 g/mol. The number of carboxylic acid groups (broad SMARTS) is 1. The van der Waals surface area contributed by atoms with Gasteiger partial charge in [-0.2, -0.15) is 0 Å². The third kappa shape index (κ3) is 3.60. The van der Waals surface area contributed by atoms with Crippen LogP contribution in [0.15, 0.2) is 24.3 Å². The molecule has 2 heteroatoms. The van der Waals surface area contributed by atoms with E-state index >= 15 is 0 Å². The smallest absolute Gasteiger partial charge is 0.303 e. The summed E-state index contributed by atoms with van der Waals surface area (Å²) in [5, 5.41) is 8.47.